The first kappa shape index (κ1) is 23.0. The molecule has 0 fully saturated rings. The summed E-state index contributed by atoms with van der Waals surface area (Å²) >= 11 is 0. The molecule has 0 saturated heterocycles. The Bertz CT molecular complexity index is 534. The van der Waals surface area contributed by atoms with Gasteiger partial charge in [0.1, 0.15) is 16.1 Å². The molecule has 0 rings (SSSR count). The van der Waals surface area contributed by atoms with Crippen molar-refractivity contribution in [1.82, 2.24) is 4.90 Å². The Morgan fingerprint density at radius 1 is 0.650 bits per heavy atom. The van der Waals surface area contributed by atoms with E-state index in [0.29, 0.717) is 0 Å². The van der Waals surface area contributed by atoms with Crippen LogP contribution in [0.4, 0.5) is 0 Å². The van der Waals surface area contributed by atoms with Gasteiger partial charge in [-0.05, 0) is 20.8 Å². The fourth-order valence-electron chi connectivity index (χ4n) is 1.35. The summed E-state index contributed by atoms with van der Waals surface area (Å²) in [4.78, 5) is 0.236. The van der Waals surface area contributed by atoms with Gasteiger partial charge in [0.15, 0.2) is 0 Å². The minimum atomic E-state index is -4.84. The van der Waals surface area contributed by atoms with Crippen LogP contribution in [0.25, 0.3) is 0 Å². The second-order valence-electron chi connectivity index (χ2n) is 3.79. The number of hydrogen-bond donors (Lipinski definition) is 3. The van der Waals surface area contributed by atoms with Gasteiger partial charge in [0.25, 0.3) is 30.4 Å². The average molecular weight is 364 g/mol. The second kappa shape index (κ2) is 7.30. The molecule has 117 valence electrons. The van der Waals surface area contributed by atoms with Crippen LogP contribution in [0.3, 0.4) is 0 Å². The Morgan fingerprint density at radius 3 is 0.900 bits per heavy atom. The molecule has 1 radical (unpaired) electrons. The predicted octanol–water partition coefficient (Wildman–Crippen LogP) is -1.39. The molecule has 3 unspecified atom stereocenters. The van der Waals surface area contributed by atoms with E-state index >= 15 is 0 Å². The van der Waals surface area contributed by atoms with Crippen molar-refractivity contribution in [3.05, 3.63) is 0 Å². The van der Waals surface area contributed by atoms with Crippen molar-refractivity contribution in [2.45, 2.75) is 36.9 Å². The van der Waals surface area contributed by atoms with Crippen molar-refractivity contribution in [1.29, 1.82) is 0 Å². The molecule has 0 aliphatic rings. The van der Waals surface area contributed by atoms with E-state index in [4.69, 9.17) is 13.7 Å². The van der Waals surface area contributed by atoms with E-state index in [1.165, 1.54) is 0 Å². The molecule has 0 aromatic carbocycles. The Balaban J connectivity index is 0. The van der Waals surface area contributed by atoms with Gasteiger partial charge in [-0.15, -0.1) is 0 Å². The zero-order chi connectivity index (χ0) is 15.8. The molecule has 3 atom stereocenters. The van der Waals surface area contributed by atoms with Crippen LogP contribution < -0.4 is 0 Å². The van der Waals surface area contributed by atoms with E-state index < -0.39 is 46.5 Å². The monoisotopic (exact) mass is 364 g/mol. The standard InChI is InChI=1S/C6H15NO9S3.Na/c1-4(17(8,9)10)7(5(2)18(11,12)13)6(3)19(14,15)16;/h4-6H,1-3H3,(H,8,9,10)(H,11,12,13)(H,14,15,16);. The van der Waals surface area contributed by atoms with Crippen molar-refractivity contribution in [2.75, 3.05) is 0 Å². The van der Waals surface area contributed by atoms with Crippen LogP contribution in [0.5, 0.6) is 0 Å². The van der Waals surface area contributed by atoms with Crippen molar-refractivity contribution in [3.8, 4) is 0 Å². The quantitative estimate of drug-likeness (QED) is 0.377. The van der Waals surface area contributed by atoms with Crippen LogP contribution in [0, 0.1) is 0 Å². The van der Waals surface area contributed by atoms with E-state index in [1.54, 1.807) is 0 Å². The number of rotatable bonds is 6. The van der Waals surface area contributed by atoms with Crippen LogP contribution in [-0.2, 0) is 30.4 Å². The van der Waals surface area contributed by atoms with E-state index in [0.717, 1.165) is 20.8 Å². The molecule has 14 heteroatoms. The van der Waals surface area contributed by atoms with Gasteiger partial charge in [-0.1, -0.05) is 0 Å². The van der Waals surface area contributed by atoms with Crippen LogP contribution in [0.15, 0.2) is 0 Å². The molecular weight excluding hydrogens is 349 g/mol. The van der Waals surface area contributed by atoms with Crippen molar-refractivity contribution >= 4 is 59.9 Å². The second-order valence-corrected chi connectivity index (χ2v) is 8.93. The maximum absolute atomic E-state index is 11.0. The molecule has 0 heterocycles. The van der Waals surface area contributed by atoms with Gasteiger partial charge in [0.2, 0.25) is 0 Å². The van der Waals surface area contributed by atoms with E-state index in [1.807, 2.05) is 0 Å². The molecule has 0 saturated carbocycles. The minimum absolute atomic E-state index is 0. The third-order valence-corrected chi connectivity index (χ3v) is 5.87. The van der Waals surface area contributed by atoms with Gasteiger partial charge < -0.3 is 0 Å². The molecule has 3 N–H and O–H groups in total. The summed E-state index contributed by atoms with van der Waals surface area (Å²) in [5.74, 6) is 0. The largest absolute Gasteiger partial charge is 0.284 e. The summed E-state index contributed by atoms with van der Waals surface area (Å²) < 4.78 is 92.6. The zero-order valence-corrected chi connectivity index (χ0v) is 15.6. The summed E-state index contributed by atoms with van der Waals surface area (Å²) in [6, 6.07) is 0. The Morgan fingerprint density at radius 2 is 0.800 bits per heavy atom. The number of hydrogen-bond acceptors (Lipinski definition) is 7. The maximum Gasteiger partial charge on any atom is 0.281 e. The van der Waals surface area contributed by atoms with Crippen molar-refractivity contribution in [2.24, 2.45) is 0 Å². The van der Waals surface area contributed by atoms with Gasteiger partial charge in [-0.3, -0.25) is 13.7 Å². The third kappa shape index (κ3) is 6.21. The molecule has 0 aliphatic heterocycles. The van der Waals surface area contributed by atoms with Crippen molar-refractivity contribution in [3.63, 3.8) is 0 Å². The van der Waals surface area contributed by atoms with Crippen LogP contribution in [-0.4, -0.2) is 89.5 Å². The van der Waals surface area contributed by atoms with Gasteiger partial charge >= 0.3 is 0 Å². The van der Waals surface area contributed by atoms with Crippen LogP contribution in [0.2, 0.25) is 0 Å². The summed E-state index contributed by atoms with van der Waals surface area (Å²) in [5.41, 5.74) is 0. The first-order valence-corrected chi connectivity index (χ1v) is 9.27. The molecule has 10 nitrogen and oxygen atoms in total. The van der Waals surface area contributed by atoms with Gasteiger partial charge in [0.05, 0.1) is 0 Å². The average Bonchev–Trinajstić information content (AvgIpc) is 2.13. The summed E-state index contributed by atoms with van der Waals surface area (Å²) in [5, 5.41) is -5.95. The summed E-state index contributed by atoms with van der Waals surface area (Å²) in [6.45, 7) is 2.41. The maximum atomic E-state index is 11.0. The first-order chi connectivity index (χ1) is 8.10. The molecule has 0 spiro atoms. The molecule has 20 heavy (non-hydrogen) atoms. The summed E-state index contributed by atoms with van der Waals surface area (Å²) in [6.07, 6.45) is 0. The Labute approximate surface area is 140 Å². The zero-order valence-electron chi connectivity index (χ0n) is 11.2. The van der Waals surface area contributed by atoms with Gasteiger partial charge in [-0.25, -0.2) is 4.90 Å². The fraction of sp³-hybridized carbons (Fsp3) is 1.00. The van der Waals surface area contributed by atoms with Gasteiger partial charge in [-0.2, -0.15) is 25.3 Å². The normalized spacial score (nSPS) is 18.1. The Hall–Kier alpha value is 0.690. The summed E-state index contributed by atoms with van der Waals surface area (Å²) in [7, 11) is -14.5. The molecule has 0 amide bonds. The van der Waals surface area contributed by atoms with Crippen LogP contribution in [0.1, 0.15) is 20.8 Å². The van der Waals surface area contributed by atoms with E-state index in [-0.39, 0.29) is 34.5 Å². The third-order valence-electron chi connectivity index (χ3n) is 2.55. The first-order valence-electron chi connectivity index (χ1n) is 4.76. The molecule has 0 bridgehead atoms. The van der Waals surface area contributed by atoms with Crippen LogP contribution >= 0.6 is 0 Å². The topological polar surface area (TPSA) is 166 Å². The molecule has 0 aromatic heterocycles. The number of nitrogens with zero attached hydrogens (tertiary/aromatic N) is 1. The van der Waals surface area contributed by atoms with E-state index in [2.05, 4.69) is 0 Å². The van der Waals surface area contributed by atoms with Crippen molar-refractivity contribution < 1.29 is 38.9 Å². The smallest absolute Gasteiger partial charge is 0.281 e. The fourth-order valence-corrected chi connectivity index (χ4v) is 3.60. The van der Waals surface area contributed by atoms with Gasteiger partial charge in [0, 0.05) is 29.6 Å². The molecule has 0 aliphatic carbocycles. The van der Waals surface area contributed by atoms with E-state index in [9.17, 15) is 25.3 Å². The SMILES string of the molecule is CC(N(C(C)S(=O)(=O)O)C(C)S(=O)(=O)O)S(=O)(=O)O.[Na]. The minimum Gasteiger partial charge on any atom is -0.284 e. The molecule has 0 aromatic rings. The Kier molecular flexibility index (Phi) is 8.38. The molecular formula is C6H15NNaO9S3. The predicted molar refractivity (Wildman–Crippen MR) is 70.6 cm³/mol.